The van der Waals surface area contributed by atoms with Crippen molar-refractivity contribution in [1.82, 2.24) is 0 Å². The van der Waals surface area contributed by atoms with Crippen LogP contribution in [0.3, 0.4) is 0 Å². The third kappa shape index (κ3) is 4.76. The van der Waals surface area contributed by atoms with Crippen LogP contribution in [0, 0.1) is 6.92 Å². The normalized spacial score (nSPS) is 11.1. The average Bonchev–Trinajstić information content (AvgIpc) is 2.61. The molecule has 0 radical (unpaired) electrons. The first-order valence-electron chi connectivity index (χ1n) is 8.18. The Bertz CT molecular complexity index is 866. The zero-order valence-corrected chi connectivity index (χ0v) is 16.3. The van der Waals surface area contributed by atoms with Crippen LogP contribution < -0.4 is 13.9 Å². The van der Waals surface area contributed by atoms with E-state index in [1.807, 2.05) is 43.3 Å². The molecule has 0 fully saturated rings. The first-order valence-corrected chi connectivity index (χ1v) is 10.0. The van der Waals surface area contributed by atoms with Gasteiger partial charge in [-0.3, -0.25) is 9.10 Å². The molecule has 7 heteroatoms. The zero-order chi connectivity index (χ0) is 19.3. The second kappa shape index (κ2) is 8.23. The maximum atomic E-state index is 12.5. The monoisotopic (exact) mass is 376 g/mol. The molecule has 26 heavy (non-hydrogen) atoms. The topological polar surface area (TPSA) is 66.9 Å². The van der Waals surface area contributed by atoms with Crippen LogP contribution in [0.25, 0.3) is 0 Å². The Kier molecular flexibility index (Phi) is 6.26. The molecule has 0 aliphatic rings. The molecule has 1 amide bonds. The van der Waals surface area contributed by atoms with E-state index >= 15 is 0 Å². The minimum Gasteiger partial charge on any atom is -0.495 e. The lowest BCUT2D eigenvalue weighted by Crippen LogP contribution is -2.35. The Hall–Kier alpha value is -2.54. The van der Waals surface area contributed by atoms with Crippen LogP contribution in [0.1, 0.15) is 12.0 Å². The van der Waals surface area contributed by atoms with Crippen LogP contribution >= 0.6 is 0 Å². The van der Waals surface area contributed by atoms with E-state index in [9.17, 15) is 13.2 Å². The summed E-state index contributed by atoms with van der Waals surface area (Å²) in [7, 11) is -0.405. The highest BCUT2D eigenvalue weighted by Gasteiger charge is 2.23. The second-order valence-corrected chi connectivity index (χ2v) is 7.96. The van der Waals surface area contributed by atoms with Gasteiger partial charge in [0.25, 0.3) is 0 Å². The van der Waals surface area contributed by atoms with Crippen molar-refractivity contribution in [1.29, 1.82) is 0 Å². The number of rotatable bonds is 7. The minimum absolute atomic E-state index is 0.0364. The van der Waals surface area contributed by atoms with E-state index in [2.05, 4.69) is 0 Å². The van der Waals surface area contributed by atoms with Gasteiger partial charge in [-0.1, -0.05) is 24.3 Å². The Morgan fingerprint density at radius 2 is 1.77 bits per heavy atom. The number of hydrogen-bond acceptors (Lipinski definition) is 4. The number of aryl methyl sites for hydroxylation is 1. The number of nitrogens with zero attached hydrogens (tertiary/aromatic N) is 2. The summed E-state index contributed by atoms with van der Waals surface area (Å²) in [5.74, 6) is 0.279. The van der Waals surface area contributed by atoms with Crippen molar-refractivity contribution < 1.29 is 17.9 Å². The molecule has 2 aromatic rings. The van der Waals surface area contributed by atoms with Gasteiger partial charge in [-0.05, 0) is 36.8 Å². The van der Waals surface area contributed by atoms with Crippen LogP contribution in [0.15, 0.2) is 48.5 Å². The van der Waals surface area contributed by atoms with Crippen LogP contribution in [0.5, 0.6) is 5.75 Å². The summed E-state index contributed by atoms with van der Waals surface area (Å²) in [6, 6.07) is 14.5. The largest absolute Gasteiger partial charge is 0.495 e. The summed E-state index contributed by atoms with van der Waals surface area (Å²) in [5, 5.41) is 0. The van der Waals surface area contributed by atoms with Crippen molar-refractivity contribution in [3.8, 4) is 5.75 Å². The van der Waals surface area contributed by atoms with E-state index < -0.39 is 10.0 Å². The molecule has 0 unspecified atom stereocenters. The molecule has 0 spiro atoms. The quantitative estimate of drug-likeness (QED) is 0.745. The first-order chi connectivity index (χ1) is 12.2. The Balaban J connectivity index is 2.23. The lowest BCUT2D eigenvalue weighted by molar-refractivity contribution is -0.118. The highest BCUT2D eigenvalue weighted by molar-refractivity contribution is 7.92. The molecule has 0 bridgehead atoms. The molecular formula is C19H24N2O4S. The number of carbonyl (C=O) groups is 1. The van der Waals surface area contributed by atoms with Gasteiger partial charge in [-0.15, -0.1) is 0 Å². The summed E-state index contributed by atoms with van der Waals surface area (Å²) >= 11 is 0. The maximum absolute atomic E-state index is 12.5. The van der Waals surface area contributed by atoms with E-state index in [1.165, 1.54) is 16.3 Å². The van der Waals surface area contributed by atoms with Gasteiger partial charge in [0.2, 0.25) is 15.9 Å². The highest BCUT2D eigenvalue weighted by atomic mass is 32.2. The summed E-state index contributed by atoms with van der Waals surface area (Å²) in [6.07, 6.45) is 1.18. The summed E-state index contributed by atoms with van der Waals surface area (Å²) in [6.45, 7) is 1.91. The van der Waals surface area contributed by atoms with E-state index in [4.69, 9.17) is 4.74 Å². The van der Waals surface area contributed by atoms with Crippen molar-refractivity contribution in [3.05, 3.63) is 54.1 Å². The van der Waals surface area contributed by atoms with Gasteiger partial charge in [0.05, 0.1) is 19.1 Å². The van der Waals surface area contributed by atoms with Crippen molar-refractivity contribution in [2.24, 2.45) is 0 Å². The number of hydrogen-bond donors (Lipinski definition) is 0. The lowest BCUT2D eigenvalue weighted by Gasteiger charge is -2.25. The maximum Gasteiger partial charge on any atom is 0.232 e. The zero-order valence-electron chi connectivity index (χ0n) is 15.5. The third-order valence-corrected chi connectivity index (χ3v) is 5.23. The highest BCUT2D eigenvalue weighted by Crippen LogP contribution is 2.31. The van der Waals surface area contributed by atoms with Crippen LogP contribution in [0.4, 0.5) is 11.4 Å². The van der Waals surface area contributed by atoms with Gasteiger partial charge in [0.1, 0.15) is 5.75 Å². The van der Waals surface area contributed by atoms with Crippen molar-refractivity contribution in [2.45, 2.75) is 13.3 Å². The van der Waals surface area contributed by atoms with E-state index in [-0.39, 0.29) is 18.9 Å². The number of anilines is 2. The van der Waals surface area contributed by atoms with Crippen LogP contribution in [-0.4, -0.2) is 41.3 Å². The third-order valence-electron chi connectivity index (χ3n) is 4.05. The van der Waals surface area contributed by atoms with Gasteiger partial charge in [-0.2, -0.15) is 0 Å². The molecule has 0 N–H and O–H groups in total. The number of carbonyl (C=O) groups excluding carboxylic acids is 1. The van der Waals surface area contributed by atoms with Gasteiger partial charge >= 0.3 is 0 Å². The predicted molar refractivity (Wildman–Crippen MR) is 104 cm³/mol. The van der Waals surface area contributed by atoms with Crippen molar-refractivity contribution in [3.63, 3.8) is 0 Å². The first kappa shape index (κ1) is 19.8. The van der Waals surface area contributed by atoms with E-state index in [1.54, 1.807) is 19.2 Å². The summed E-state index contributed by atoms with van der Waals surface area (Å²) in [4.78, 5) is 14.0. The number of sulfonamides is 1. The van der Waals surface area contributed by atoms with Crippen LogP contribution in [-0.2, 0) is 14.8 Å². The molecular weight excluding hydrogens is 352 g/mol. The SMILES string of the molecule is COc1ccc(C)cc1N(CCC(=O)N(C)c1ccccc1)S(C)(=O)=O. The fraction of sp³-hybridized carbons (Fsp3) is 0.316. The number of amides is 1. The number of ether oxygens (including phenoxy) is 1. The van der Waals surface area contributed by atoms with E-state index in [0.29, 0.717) is 11.4 Å². The molecule has 0 saturated carbocycles. The lowest BCUT2D eigenvalue weighted by atomic mass is 10.2. The Labute approximate surface area is 155 Å². The van der Waals surface area contributed by atoms with E-state index in [0.717, 1.165) is 17.5 Å². The summed E-state index contributed by atoms with van der Waals surface area (Å²) < 4.78 is 31.1. The fourth-order valence-electron chi connectivity index (χ4n) is 2.62. The molecule has 0 aliphatic carbocycles. The second-order valence-electron chi connectivity index (χ2n) is 6.05. The molecule has 0 aliphatic heterocycles. The van der Waals surface area contributed by atoms with Gasteiger partial charge in [0, 0.05) is 25.7 Å². The molecule has 0 atom stereocenters. The predicted octanol–water partition coefficient (Wildman–Crippen LogP) is 2.82. The fourth-order valence-corrected chi connectivity index (χ4v) is 3.54. The Morgan fingerprint density at radius 1 is 1.12 bits per heavy atom. The molecule has 0 heterocycles. The molecule has 140 valence electrons. The smallest absolute Gasteiger partial charge is 0.232 e. The molecule has 0 aromatic heterocycles. The standard InChI is InChI=1S/C19H24N2O4S/c1-15-10-11-18(25-3)17(14-15)21(26(4,23)24)13-12-19(22)20(2)16-8-6-5-7-9-16/h5-11,14H,12-13H2,1-4H3. The summed E-state index contributed by atoms with van der Waals surface area (Å²) in [5.41, 5.74) is 2.10. The van der Waals surface area contributed by atoms with Crippen molar-refractivity contribution >= 4 is 27.3 Å². The number of methoxy groups -OCH3 is 1. The van der Waals surface area contributed by atoms with Gasteiger partial charge < -0.3 is 9.64 Å². The molecule has 6 nitrogen and oxygen atoms in total. The Morgan fingerprint density at radius 3 is 2.35 bits per heavy atom. The average molecular weight is 376 g/mol. The number of benzene rings is 2. The van der Waals surface area contributed by atoms with Crippen molar-refractivity contribution in [2.75, 3.05) is 36.2 Å². The molecule has 0 saturated heterocycles. The molecule has 2 aromatic carbocycles. The van der Waals surface area contributed by atoms with Gasteiger partial charge in [-0.25, -0.2) is 8.42 Å². The van der Waals surface area contributed by atoms with Crippen LogP contribution in [0.2, 0.25) is 0 Å². The molecule has 2 rings (SSSR count). The van der Waals surface area contributed by atoms with Gasteiger partial charge in [0.15, 0.2) is 0 Å². The minimum atomic E-state index is -3.57. The number of para-hydroxylation sites is 1.